The summed E-state index contributed by atoms with van der Waals surface area (Å²) in [5.74, 6) is 1.50. The topological polar surface area (TPSA) is 30.5 Å². The van der Waals surface area contributed by atoms with Gasteiger partial charge in [-0.25, -0.2) is 0 Å². The van der Waals surface area contributed by atoms with Crippen LogP contribution in [0.25, 0.3) is 0 Å². The van der Waals surface area contributed by atoms with Crippen molar-refractivity contribution < 1.29 is 9.47 Å². The molecule has 0 aliphatic carbocycles. The summed E-state index contributed by atoms with van der Waals surface area (Å²) in [6.07, 6.45) is 1.04. The Kier molecular flexibility index (Phi) is 7.46. The van der Waals surface area contributed by atoms with E-state index in [9.17, 15) is 0 Å². The Hall–Kier alpha value is -1.06. The van der Waals surface area contributed by atoms with Gasteiger partial charge < -0.3 is 14.8 Å². The van der Waals surface area contributed by atoms with Crippen LogP contribution < -0.4 is 10.1 Å². The molecular formula is C15H25NO2. The molecule has 0 spiro atoms. The Morgan fingerprint density at radius 2 is 1.89 bits per heavy atom. The van der Waals surface area contributed by atoms with Crippen molar-refractivity contribution in [2.24, 2.45) is 0 Å². The fourth-order valence-corrected chi connectivity index (χ4v) is 1.79. The lowest BCUT2D eigenvalue weighted by atomic mass is 10.0. The number of para-hydroxylation sites is 1. The molecule has 0 aliphatic heterocycles. The first-order chi connectivity index (χ1) is 8.75. The van der Waals surface area contributed by atoms with Crippen molar-refractivity contribution in [1.29, 1.82) is 0 Å². The van der Waals surface area contributed by atoms with Crippen molar-refractivity contribution >= 4 is 0 Å². The number of hydrogen-bond donors (Lipinski definition) is 1. The van der Waals surface area contributed by atoms with Crippen LogP contribution in [0.1, 0.15) is 31.7 Å². The minimum atomic E-state index is 0.496. The number of rotatable bonds is 9. The van der Waals surface area contributed by atoms with Crippen molar-refractivity contribution in [3.63, 3.8) is 0 Å². The van der Waals surface area contributed by atoms with Crippen LogP contribution in [0.4, 0.5) is 0 Å². The maximum Gasteiger partial charge on any atom is 0.122 e. The van der Waals surface area contributed by atoms with E-state index in [0.717, 1.165) is 31.9 Å². The van der Waals surface area contributed by atoms with Gasteiger partial charge >= 0.3 is 0 Å². The van der Waals surface area contributed by atoms with Crippen molar-refractivity contribution in [2.45, 2.75) is 26.2 Å². The zero-order valence-electron chi connectivity index (χ0n) is 11.7. The van der Waals surface area contributed by atoms with E-state index in [2.05, 4.69) is 31.3 Å². The lowest BCUT2D eigenvalue weighted by Gasteiger charge is -2.14. The summed E-state index contributed by atoms with van der Waals surface area (Å²) in [4.78, 5) is 0. The smallest absolute Gasteiger partial charge is 0.122 e. The molecule has 0 aromatic heterocycles. The first-order valence-electron chi connectivity index (χ1n) is 6.67. The highest BCUT2D eigenvalue weighted by Crippen LogP contribution is 2.25. The molecular weight excluding hydrogens is 226 g/mol. The third-order valence-corrected chi connectivity index (χ3v) is 2.78. The molecule has 102 valence electrons. The van der Waals surface area contributed by atoms with E-state index in [1.165, 1.54) is 5.56 Å². The van der Waals surface area contributed by atoms with Gasteiger partial charge in [-0.3, -0.25) is 0 Å². The zero-order valence-corrected chi connectivity index (χ0v) is 11.7. The quantitative estimate of drug-likeness (QED) is 0.685. The fourth-order valence-electron chi connectivity index (χ4n) is 1.79. The fraction of sp³-hybridized carbons (Fsp3) is 0.600. The normalized spacial score (nSPS) is 10.9. The largest absolute Gasteiger partial charge is 0.492 e. The second-order valence-electron chi connectivity index (χ2n) is 4.64. The van der Waals surface area contributed by atoms with Gasteiger partial charge in [0.05, 0.1) is 0 Å². The highest BCUT2D eigenvalue weighted by atomic mass is 16.5. The third-order valence-electron chi connectivity index (χ3n) is 2.78. The minimum absolute atomic E-state index is 0.496. The summed E-state index contributed by atoms with van der Waals surface area (Å²) in [7, 11) is 1.73. The molecule has 3 heteroatoms. The third kappa shape index (κ3) is 5.52. The predicted molar refractivity (Wildman–Crippen MR) is 75.4 cm³/mol. The lowest BCUT2D eigenvalue weighted by Crippen LogP contribution is -2.23. The molecule has 0 atom stereocenters. The van der Waals surface area contributed by atoms with Gasteiger partial charge in [0, 0.05) is 20.3 Å². The average Bonchev–Trinajstić information content (AvgIpc) is 2.38. The molecule has 1 aromatic carbocycles. The standard InChI is InChI=1S/C15H25NO2/c1-13(2)14-7-4-5-8-15(14)18-12-10-16-9-6-11-17-3/h4-5,7-8,13,16H,6,9-12H2,1-3H3. The maximum absolute atomic E-state index is 5.81. The zero-order chi connectivity index (χ0) is 13.2. The molecule has 3 nitrogen and oxygen atoms in total. The Balaban J connectivity index is 2.23. The molecule has 0 radical (unpaired) electrons. The Morgan fingerprint density at radius 3 is 2.61 bits per heavy atom. The molecule has 1 aromatic rings. The summed E-state index contributed by atoms with van der Waals surface area (Å²) in [6.45, 7) is 7.73. The molecule has 1 rings (SSSR count). The highest BCUT2D eigenvalue weighted by molar-refractivity contribution is 5.35. The van der Waals surface area contributed by atoms with E-state index in [0.29, 0.717) is 12.5 Å². The van der Waals surface area contributed by atoms with Crippen molar-refractivity contribution in [2.75, 3.05) is 33.4 Å². The Bertz CT molecular complexity index is 326. The van der Waals surface area contributed by atoms with E-state index in [4.69, 9.17) is 9.47 Å². The molecule has 0 heterocycles. The van der Waals surface area contributed by atoms with Gasteiger partial charge in [0.15, 0.2) is 0 Å². The number of hydrogen-bond acceptors (Lipinski definition) is 3. The van der Waals surface area contributed by atoms with E-state index in [1.54, 1.807) is 7.11 Å². The minimum Gasteiger partial charge on any atom is -0.492 e. The summed E-state index contributed by atoms with van der Waals surface area (Å²) in [5, 5.41) is 3.33. The van der Waals surface area contributed by atoms with Crippen molar-refractivity contribution in [1.82, 2.24) is 5.32 Å². The first-order valence-corrected chi connectivity index (χ1v) is 6.67. The molecule has 0 amide bonds. The van der Waals surface area contributed by atoms with Crippen LogP contribution in [0.2, 0.25) is 0 Å². The number of ether oxygens (including phenoxy) is 2. The van der Waals surface area contributed by atoms with Gasteiger partial charge in [-0.15, -0.1) is 0 Å². The lowest BCUT2D eigenvalue weighted by molar-refractivity contribution is 0.193. The second-order valence-corrected chi connectivity index (χ2v) is 4.64. The Labute approximate surface area is 110 Å². The van der Waals surface area contributed by atoms with Gasteiger partial charge in [-0.05, 0) is 30.5 Å². The van der Waals surface area contributed by atoms with E-state index < -0.39 is 0 Å². The van der Waals surface area contributed by atoms with Crippen LogP contribution in [0.15, 0.2) is 24.3 Å². The molecule has 18 heavy (non-hydrogen) atoms. The summed E-state index contributed by atoms with van der Waals surface area (Å²) in [5.41, 5.74) is 1.27. The van der Waals surface area contributed by atoms with Crippen LogP contribution in [0.3, 0.4) is 0 Å². The van der Waals surface area contributed by atoms with E-state index in [1.807, 2.05) is 12.1 Å². The molecule has 0 saturated heterocycles. The van der Waals surface area contributed by atoms with Gasteiger partial charge in [-0.1, -0.05) is 32.0 Å². The maximum atomic E-state index is 5.81. The molecule has 0 aliphatic rings. The van der Waals surface area contributed by atoms with E-state index >= 15 is 0 Å². The summed E-state index contributed by atoms with van der Waals surface area (Å²) >= 11 is 0. The van der Waals surface area contributed by atoms with Crippen LogP contribution in [0, 0.1) is 0 Å². The number of nitrogens with one attached hydrogen (secondary N) is 1. The molecule has 0 bridgehead atoms. The SMILES string of the molecule is COCCCNCCOc1ccccc1C(C)C. The predicted octanol–water partition coefficient (Wildman–Crippen LogP) is 2.81. The summed E-state index contributed by atoms with van der Waals surface area (Å²) < 4.78 is 10.8. The van der Waals surface area contributed by atoms with Gasteiger partial charge in [0.1, 0.15) is 12.4 Å². The second kappa shape index (κ2) is 8.95. The van der Waals surface area contributed by atoms with E-state index in [-0.39, 0.29) is 0 Å². The van der Waals surface area contributed by atoms with Crippen LogP contribution >= 0.6 is 0 Å². The molecule has 0 unspecified atom stereocenters. The number of benzene rings is 1. The first kappa shape index (κ1) is 15.0. The molecule has 0 saturated carbocycles. The van der Waals surface area contributed by atoms with Crippen LogP contribution in [-0.2, 0) is 4.74 Å². The average molecular weight is 251 g/mol. The van der Waals surface area contributed by atoms with Crippen molar-refractivity contribution in [3.8, 4) is 5.75 Å². The highest BCUT2D eigenvalue weighted by Gasteiger charge is 2.05. The van der Waals surface area contributed by atoms with Crippen molar-refractivity contribution in [3.05, 3.63) is 29.8 Å². The van der Waals surface area contributed by atoms with Gasteiger partial charge in [0.25, 0.3) is 0 Å². The Morgan fingerprint density at radius 1 is 1.11 bits per heavy atom. The molecule has 1 N–H and O–H groups in total. The summed E-state index contributed by atoms with van der Waals surface area (Å²) in [6, 6.07) is 8.25. The monoisotopic (exact) mass is 251 g/mol. The van der Waals surface area contributed by atoms with Crippen LogP contribution in [0.5, 0.6) is 5.75 Å². The molecule has 0 fully saturated rings. The number of methoxy groups -OCH3 is 1. The van der Waals surface area contributed by atoms with Crippen LogP contribution in [-0.4, -0.2) is 33.4 Å². The van der Waals surface area contributed by atoms with Gasteiger partial charge in [0.2, 0.25) is 0 Å². The van der Waals surface area contributed by atoms with Gasteiger partial charge in [-0.2, -0.15) is 0 Å².